The van der Waals surface area contributed by atoms with Gasteiger partial charge in [0.15, 0.2) is 5.58 Å². The highest BCUT2D eigenvalue weighted by Crippen LogP contribution is 2.30. The number of esters is 1. The summed E-state index contributed by atoms with van der Waals surface area (Å²) in [6.07, 6.45) is 0. The van der Waals surface area contributed by atoms with E-state index < -0.39 is 5.97 Å². The SMILES string of the molecule is COC(=O)c1sc(N/N=c2\cc(-c3ccc(Cl)cc3)oc3c(Cl)cc(Cl)cc23)nc1C. The molecule has 2 aromatic heterocycles. The van der Waals surface area contributed by atoms with Crippen LogP contribution in [0.3, 0.4) is 0 Å². The van der Waals surface area contributed by atoms with Crippen molar-refractivity contribution in [2.24, 2.45) is 5.10 Å². The zero-order valence-corrected chi connectivity index (χ0v) is 19.3. The predicted molar refractivity (Wildman–Crippen MR) is 124 cm³/mol. The van der Waals surface area contributed by atoms with Gasteiger partial charge < -0.3 is 9.15 Å². The van der Waals surface area contributed by atoms with Crippen molar-refractivity contribution < 1.29 is 13.9 Å². The summed E-state index contributed by atoms with van der Waals surface area (Å²) in [4.78, 5) is 16.6. The van der Waals surface area contributed by atoms with Crippen molar-refractivity contribution in [3.63, 3.8) is 0 Å². The second-order valence-corrected chi connectivity index (χ2v) is 8.69. The Morgan fingerprint density at radius 2 is 1.87 bits per heavy atom. The number of thiazole rings is 1. The molecule has 2 heterocycles. The predicted octanol–water partition coefficient (Wildman–Crippen LogP) is 6.54. The van der Waals surface area contributed by atoms with Gasteiger partial charge in [0.25, 0.3) is 0 Å². The molecule has 0 aliphatic heterocycles. The number of fused-ring (bicyclic) bond motifs is 1. The van der Waals surface area contributed by atoms with Crippen LogP contribution >= 0.6 is 46.1 Å². The average molecular weight is 495 g/mol. The number of methoxy groups -OCH3 is 1. The first-order valence-electron chi connectivity index (χ1n) is 8.90. The van der Waals surface area contributed by atoms with Crippen LogP contribution in [0.2, 0.25) is 15.1 Å². The summed E-state index contributed by atoms with van der Waals surface area (Å²) in [5.74, 6) is 0.0927. The van der Waals surface area contributed by atoms with E-state index in [1.807, 2.05) is 12.1 Å². The van der Waals surface area contributed by atoms with Gasteiger partial charge in [0.1, 0.15) is 10.6 Å². The van der Waals surface area contributed by atoms with E-state index in [4.69, 9.17) is 44.0 Å². The van der Waals surface area contributed by atoms with Crippen molar-refractivity contribution in [2.45, 2.75) is 6.92 Å². The Labute approximate surface area is 196 Å². The number of rotatable bonds is 4. The third-order valence-corrected chi connectivity index (χ3v) is 6.13. The zero-order valence-electron chi connectivity index (χ0n) is 16.2. The minimum Gasteiger partial charge on any atom is -0.465 e. The minimum atomic E-state index is -0.449. The van der Waals surface area contributed by atoms with Crippen molar-refractivity contribution in [1.29, 1.82) is 0 Å². The van der Waals surface area contributed by atoms with Crippen molar-refractivity contribution >= 4 is 68.2 Å². The molecule has 1 N–H and O–H groups in total. The first-order valence-corrected chi connectivity index (χ1v) is 10.8. The zero-order chi connectivity index (χ0) is 22.1. The highest BCUT2D eigenvalue weighted by molar-refractivity contribution is 7.17. The fraction of sp³-hybridized carbons (Fsp3) is 0.0952. The molecular formula is C21H14Cl3N3O3S. The molecule has 0 aliphatic carbocycles. The molecule has 6 nitrogen and oxygen atoms in total. The Hall–Kier alpha value is -2.58. The number of benzene rings is 2. The quantitative estimate of drug-likeness (QED) is 0.257. The maximum Gasteiger partial charge on any atom is 0.350 e. The molecule has 4 rings (SSSR count). The summed E-state index contributed by atoms with van der Waals surface area (Å²) in [6, 6.07) is 12.3. The lowest BCUT2D eigenvalue weighted by Gasteiger charge is -2.07. The van der Waals surface area contributed by atoms with E-state index in [0.717, 1.165) is 16.9 Å². The van der Waals surface area contributed by atoms with E-state index in [1.54, 1.807) is 37.3 Å². The topological polar surface area (TPSA) is 76.7 Å². The van der Waals surface area contributed by atoms with E-state index in [9.17, 15) is 4.79 Å². The molecule has 0 radical (unpaired) electrons. The number of hydrogen-bond acceptors (Lipinski definition) is 7. The fourth-order valence-electron chi connectivity index (χ4n) is 2.88. The molecule has 0 saturated carbocycles. The molecule has 0 atom stereocenters. The van der Waals surface area contributed by atoms with Crippen LogP contribution in [-0.2, 0) is 4.74 Å². The number of aromatic nitrogens is 1. The Morgan fingerprint density at radius 1 is 1.13 bits per heavy atom. The van der Waals surface area contributed by atoms with E-state index in [1.165, 1.54) is 7.11 Å². The maximum absolute atomic E-state index is 11.8. The summed E-state index contributed by atoms with van der Waals surface area (Å²) >= 11 is 19.7. The first-order chi connectivity index (χ1) is 14.9. The molecule has 0 spiro atoms. The van der Waals surface area contributed by atoms with Crippen molar-refractivity contribution in [3.05, 3.63) is 73.5 Å². The van der Waals surface area contributed by atoms with Crippen LogP contribution in [0.1, 0.15) is 15.4 Å². The Kier molecular flexibility index (Phi) is 6.20. The van der Waals surface area contributed by atoms with Gasteiger partial charge >= 0.3 is 5.97 Å². The Morgan fingerprint density at radius 3 is 2.58 bits per heavy atom. The average Bonchev–Trinajstić information content (AvgIpc) is 3.12. The second kappa shape index (κ2) is 8.88. The van der Waals surface area contributed by atoms with Gasteiger partial charge in [0.2, 0.25) is 5.13 Å². The number of ether oxygens (including phenoxy) is 1. The molecule has 0 aliphatic rings. The van der Waals surface area contributed by atoms with Gasteiger partial charge in [-0.15, -0.1) is 0 Å². The summed E-state index contributed by atoms with van der Waals surface area (Å²) < 4.78 is 10.8. The number of carbonyl (C=O) groups excluding carboxylic acids is 1. The number of halogens is 3. The summed E-state index contributed by atoms with van der Waals surface area (Å²) in [5.41, 5.74) is 4.68. The van der Waals surface area contributed by atoms with E-state index >= 15 is 0 Å². The molecule has 0 bridgehead atoms. The maximum atomic E-state index is 11.8. The van der Waals surface area contributed by atoms with Crippen LogP contribution in [0.5, 0.6) is 0 Å². The lowest BCUT2D eigenvalue weighted by Crippen LogP contribution is -2.07. The summed E-state index contributed by atoms with van der Waals surface area (Å²) in [7, 11) is 1.32. The van der Waals surface area contributed by atoms with Crippen molar-refractivity contribution in [3.8, 4) is 11.3 Å². The highest BCUT2D eigenvalue weighted by atomic mass is 35.5. The van der Waals surface area contributed by atoms with Crippen LogP contribution in [0, 0.1) is 6.92 Å². The molecule has 0 unspecified atom stereocenters. The molecule has 0 amide bonds. The monoisotopic (exact) mass is 493 g/mol. The molecule has 0 fully saturated rings. The van der Waals surface area contributed by atoms with E-state index in [2.05, 4.69) is 15.5 Å². The smallest absolute Gasteiger partial charge is 0.350 e. The molecule has 31 heavy (non-hydrogen) atoms. The van der Waals surface area contributed by atoms with Gasteiger partial charge in [-0.1, -0.05) is 46.1 Å². The normalized spacial score (nSPS) is 11.7. The van der Waals surface area contributed by atoms with Crippen LogP contribution < -0.4 is 10.8 Å². The summed E-state index contributed by atoms with van der Waals surface area (Å²) in [6.45, 7) is 1.73. The van der Waals surface area contributed by atoms with E-state index in [-0.39, 0.29) is 0 Å². The first kappa shape index (κ1) is 21.6. The number of anilines is 1. The van der Waals surface area contributed by atoms with Gasteiger partial charge in [0, 0.05) is 27.1 Å². The van der Waals surface area contributed by atoms with E-state index in [0.29, 0.717) is 52.9 Å². The lowest BCUT2D eigenvalue weighted by molar-refractivity contribution is 0.0605. The van der Waals surface area contributed by atoms with Gasteiger partial charge in [-0.25, -0.2) is 9.78 Å². The van der Waals surface area contributed by atoms with Crippen molar-refractivity contribution in [1.82, 2.24) is 4.98 Å². The van der Waals surface area contributed by atoms with Gasteiger partial charge in [-0.3, -0.25) is 5.43 Å². The Bertz CT molecular complexity index is 1360. The number of nitrogens with zero attached hydrogens (tertiary/aromatic N) is 2. The largest absolute Gasteiger partial charge is 0.465 e. The van der Waals surface area contributed by atoms with Crippen LogP contribution in [0.15, 0.2) is 52.0 Å². The standard InChI is InChI=1S/C21H14Cl3N3O3S/c1-10-19(20(28)29-2)31-21(25-10)27-26-16-9-17(11-3-5-12(22)6-4-11)30-18-14(16)7-13(23)8-15(18)24/h3-9H,1-2H3,(H,25,27)/b26-16+. The van der Waals surface area contributed by atoms with Crippen molar-refractivity contribution in [2.75, 3.05) is 12.5 Å². The van der Waals surface area contributed by atoms with Gasteiger partial charge in [-0.05, 0) is 43.3 Å². The number of carbonyl (C=O) groups is 1. The molecule has 10 heteroatoms. The van der Waals surface area contributed by atoms with Crippen LogP contribution in [0.4, 0.5) is 5.13 Å². The lowest BCUT2D eigenvalue weighted by atomic mass is 10.1. The van der Waals surface area contributed by atoms with Gasteiger partial charge in [-0.2, -0.15) is 5.10 Å². The molecule has 0 saturated heterocycles. The third kappa shape index (κ3) is 4.55. The molecular weight excluding hydrogens is 481 g/mol. The number of aryl methyl sites for hydroxylation is 1. The molecule has 4 aromatic rings. The van der Waals surface area contributed by atoms with Gasteiger partial charge in [0.05, 0.1) is 23.2 Å². The second-order valence-electron chi connectivity index (χ2n) is 6.42. The molecule has 2 aromatic carbocycles. The fourth-order valence-corrected chi connectivity index (χ4v) is 4.36. The number of hydrogen-bond donors (Lipinski definition) is 1. The Balaban J connectivity index is 1.85. The van der Waals surface area contributed by atoms with Crippen LogP contribution in [0.25, 0.3) is 22.3 Å². The third-order valence-electron chi connectivity index (χ3n) is 4.33. The number of nitrogens with one attached hydrogen (secondary N) is 1. The highest BCUT2D eigenvalue weighted by Gasteiger charge is 2.16. The summed E-state index contributed by atoms with van der Waals surface area (Å²) in [5, 5.41) is 7.47. The minimum absolute atomic E-state index is 0.354. The van der Waals surface area contributed by atoms with Crippen LogP contribution in [-0.4, -0.2) is 18.1 Å². The molecule has 158 valence electrons.